The van der Waals surface area contributed by atoms with Crippen LogP contribution in [0.1, 0.15) is 59.8 Å². The molecule has 4 aromatic carbocycles. The largest absolute Gasteiger partial charge is 0.464 e. The van der Waals surface area contributed by atoms with Gasteiger partial charge in [-0.3, -0.25) is 38.4 Å². The normalized spacial score (nSPS) is 12.3. The smallest absolute Gasteiger partial charge is 0.315 e. The van der Waals surface area contributed by atoms with Gasteiger partial charge in [-0.15, -0.1) is 47.0 Å². The average Bonchev–Trinajstić information content (AvgIpc) is 1.70. The first-order chi connectivity index (χ1) is 42.4. The molecule has 0 aromatic heterocycles. The Balaban J connectivity index is 0.945. The molecule has 472 valence electrons. The van der Waals surface area contributed by atoms with Crippen molar-refractivity contribution in [1.29, 1.82) is 0 Å². The van der Waals surface area contributed by atoms with Gasteiger partial charge in [0.1, 0.15) is 58.3 Å². The number of esters is 8. The SMILES string of the molecule is NCCOC(=O)CCSCC(=O)OCC(COC(=O)CSCCC(=O)OCCN)(COC(=O)CSCCC(=O)OCCNOCC1c2ccccc2-c2ccccc21)COC(=O)CSCCC(=O)OCCNOCC1c2ccccc2-c2ccccc21. The highest BCUT2D eigenvalue weighted by atomic mass is 32.2. The average molecular weight is 1280 g/mol. The molecule has 0 radical (unpaired) electrons. The number of hydrogen-bond donors (Lipinski definition) is 4. The third-order valence-electron chi connectivity index (χ3n) is 13.2. The molecule has 0 fully saturated rings. The number of ether oxygens (including phenoxy) is 8. The monoisotopic (exact) mass is 1280 g/mol. The number of carbonyl (C=O) groups is 8. The number of hydrogen-bond acceptors (Lipinski definition) is 26. The van der Waals surface area contributed by atoms with E-state index in [0.29, 0.717) is 13.2 Å². The van der Waals surface area contributed by atoms with Crippen LogP contribution >= 0.6 is 47.0 Å². The maximum Gasteiger partial charge on any atom is 0.315 e. The highest BCUT2D eigenvalue weighted by Gasteiger charge is 2.38. The summed E-state index contributed by atoms with van der Waals surface area (Å²) in [5.41, 5.74) is 24.4. The molecule has 26 heteroatoms. The molecule has 0 heterocycles. The van der Waals surface area contributed by atoms with Crippen LogP contribution in [0.15, 0.2) is 97.1 Å². The van der Waals surface area contributed by atoms with Crippen molar-refractivity contribution < 1.29 is 85.9 Å². The van der Waals surface area contributed by atoms with Gasteiger partial charge in [-0.05, 0) is 44.5 Å². The van der Waals surface area contributed by atoms with Crippen LogP contribution in [0.25, 0.3) is 22.3 Å². The van der Waals surface area contributed by atoms with E-state index in [-0.39, 0.29) is 136 Å². The van der Waals surface area contributed by atoms with Crippen LogP contribution < -0.4 is 22.4 Å². The highest BCUT2D eigenvalue weighted by Crippen LogP contribution is 2.45. The van der Waals surface area contributed by atoms with Crippen LogP contribution in [0.3, 0.4) is 0 Å². The quantitative estimate of drug-likeness (QED) is 0.0187. The molecule has 0 bridgehead atoms. The fourth-order valence-electron chi connectivity index (χ4n) is 8.95. The van der Waals surface area contributed by atoms with Gasteiger partial charge in [0.15, 0.2) is 0 Å². The summed E-state index contributed by atoms with van der Waals surface area (Å²) in [5.74, 6) is -4.77. The Kier molecular flexibility index (Phi) is 31.8. The Bertz CT molecular complexity index is 2590. The molecule has 0 saturated carbocycles. The van der Waals surface area contributed by atoms with Crippen molar-refractivity contribution in [3.63, 3.8) is 0 Å². The van der Waals surface area contributed by atoms with E-state index in [9.17, 15) is 38.4 Å². The van der Waals surface area contributed by atoms with Gasteiger partial charge >= 0.3 is 47.8 Å². The number of fused-ring (bicyclic) bond motifs is 6. The summed E-state index contributed by atoms with van der Waals surface area (Å²) in [5, 5.41) is 0. The van der Waals surface area contributed by atoms with Crippen molar-refractivity contribution in [3.05, 3.63) is 119 Å². The Hall–Kier alpha value is -6.20. The van der Waals surface area contributed by atoms with E-state index in [4.69, 9.17) is 59.0 Å². The first-order valence-electron chi connectivity index (χ1n) is 28.4. The second kappa shape index (κ2) is 39.6. The molecule has 0 saturated heterocycles. The van der Waals surface area contributed by atoms with Crippen LogP contribution in [0.4, 0.5) is 0 Å². The topological polar surface area (TPSA) is 305 Å². The number of benzene rings is 4. The third kappa shape index (κ3) is 24.7. The molecule has 4 aromatic rings. The summed E-state index contributed by atoms with van der Waals surface area (Å²) >= 11 is 4.39. The fraction of sp³-hybridized carbons (Fsp3) is 0.475. The van der Waals surface area contributed by atoms with E-state index in [1.54, 1.807) is 0 Å². The third-order valence-corrected chi connectivity index (χ3v) is 16.9. The minimum Gasteiger partial charge on any atom is -0.464 e. The van der Waals surface area contributed by atoms with Crippen molar-refractivity contribution in [2.24, 2.45) is 16.9 Å². The van der Waals surface area contributed by atoms with E-state index < -0.39 is 79.6 Å². The second-order valence-electron chi connectivity index (χ2n) is 19.7. The molecular weight excluding hydrogens is 1200 g/mol. The van der Waals surface area contributed by atoms with E-state index in [0.717, 1.165) is 47.0 Å². The molecule has 2 aliphatic carbocycles. The summed E-state index contributed by atoms with van der Waals surface area (Å²) < 4.78 is 43.2. The molecule has 6 N–H and O–H groups in total. The molecule has 0 atom stereocenters. The van der Waals surface area contributed by atoms with Crippen molar-refractivity contribution in [2.45, 2.75) is 37.5 Å². The first-order valence-corrected chi connectivity index (χ1v) is 33.0. The van der Waals surface area contributed by atoms with Crippen LogP contribution in [0.5, 0.6) is 0 Å². The summed E-state index contributed by atoms with van der Waals surface area (Å²) in [6.07, 6.45) is -0.0106. The van der Waals surface area contributed by atoms with Crippen LogP contribution in [-0.4, -0.2) is 186 Å². The van der Waals surface area contributed by atoms with Crippen molar-refractivity contribution in [1.82, 2.24) is 11.0 Å². The zero-order chi connectivity index (χ0) is 61.9. The van der Waals surface area contributed by atoms with Crippen molar-refractivity contribution >= 4 is 94.8 Å². The number of carbonyl (C=O) groups excluding carboxylic acids is 8. The van der Waals surface area contributed by atoms with Crippen LogP contribution in [0, 0.1) is 5.41 Å². The first kappa shape index (κ1) is 69.9. The van der Waals surface area contributed by atoms with Gasteiger partial charge in [0.05, 0.1) is 75.0 Å². The van der Waals surface area contributed by atoms with Crippen LogP contribution in [0.2, 0.25) is 0 Å². The van der Waals surface area contributed by atoms with E-state index in [1.165, 1.54) is 44.5 Å². The number of hydroxylamine groups is 2. The Morgan fingerprint density at radius 1 is 0.368 bits per heavy atom. The van der Waals surface area contributed by atoms with Gasteiger partial charge in [-0.2, -0.15) is 11.0 Å². The Morgan fingerprint density at radius 3 is 0.908 bits per heavy atom. The minimum atomic E-state index is -1.64. The molecule has 0 aliphatic heterocycles. The molecule has 0 spiro atoms. The minimum absolute atomic E-state index is 0.00921. The molecule has 6 rings (SSSR count). The van der Waals surface area contributed by atoms with Gasteiger partial charge in [-0.1, -0.05) is 97.1 Å². The zero-order valence-electron chi connectivity index (χ0n) is 48.4. The molecule has 0 amide bonds. The molecule has 0 unspecified atom stereocenters. The summed E-state index contributed by atoms with van der Waals surface area (Å²) in [6, 6.07) is 32.8. The van der Waals surface area contributed by atoms with Crippen molar-refractivity contribution in [3.8, 4) is 22.3 Å². The maximum atomic E-state index is 13.3. The lowest BCUT2D eigenvalue weighted by molar-refractivity contribution is -0.167. The van der Waals surface area contributed by atoms with Crippen LogP contribution in [-0.2, 0) is 85.9 Å². The zero-order valence-corrected chi connectivity index (χ0v) is 51.7. The Labute approximate surface area is 523 Å². The van der Waals surface area contributed by atoms with E-state index in [2.05, 4.69) is 59.5 Å². The van der Waals surface area contributed by atoms with Gasteiger partial charge in [0.25, 0.3) is 0 Å². The second-order valence-corrected chi connectivity index (χ2v) is 24.1. The lowest BCUT2D eigenvalue weighted by Crippen LogP contribution is -2.44. The lowest BCUT2D eigenvalue weighted by atomic mass is 9.92. The molecular formula is C61H76N4O18S4. The summed E-state index contributed by atoms with van der Waals surface area (Å²) in [4.78, 5) is 113. The number of thioether (sulfide) groups is 4. The standard InChI is InChI=1S/C61H76N4O18S4/c62-21-25-74-53(66)17-29-84-35-57(70)78-39-61(40-79-58(71)36-85-30-18-54(67)75-26-22-63,41-80-59(72)37-86-31-19-55(68)76-27-23-64-82-33-51-47-13-5-1-9-43(47)44-10-2-6-14-48(44)51)42-81-60(73)38-87-32-20-56(69)77-28-24-65-83-34-52-49-15-7-3-11-45(49)46-12-4-8-16-50(46)52/h1-16,51-52,64-65H,17-42,62-63H2. The maximum absolute atomic E-state index is 13.3. The highest BCUT2D eigenvalue weighted by molar-refractivity contribution is 8.00. The molecule has 2 aliphatic rings. The molecule has 22 nitrogen and oxygen atoms in total. The number of rotatable bonds is 44. The van der Waals surface area contributed by atoms with Gasteiger partial charge in [-0.25, -0.2) is 0 Å². The van der Waals surface area contributed by atoms with Crippen molar-refractivity contribution in [2.75, 3.05) is 138 Å². The summed E-state index contributed by atoms with van der Waals surface area (Å²) in [6.45, 7) is -0.418. The lowest BCUT2D eigenvalue weighted by Gasteiger charge is -2.31. The van der Waals surface area contributed by atoms with Gasteiger partial charge < -0.3 is 59.0 Å². The Morgan fingerprint density at radius 2 is 0.632 bits per heavy atom. The number of nitrogens with two attached hydrogens (primary N) is 2. The predicted octanol–water partition coefficient (Wildman–Crippen LogP) is 5.40. The summed E-state index contributed by atoms with van der Waals surface area (Å²) in [7, 11) is 0. The molecule has 87 heavy (non-hydrogen) atoms. The van der Waals surface area contributed by atoms with Gasteiger partial charge in [0.2, 0.25) is 0 Å². The number of nitrogens with one attached hydrogen (secondary N) is 2. The van der Waals surface area contributed by atoms with E-state index >= 15 is 0 Å². The predicted molar refractivity (Wildman–Crippen MR) is 331 cm³/mol. The van der Waals surface area contributed by atoms with Gasteiger partial charge in [0, 0.05) is 47.9 Å². The van der Waals surface area contributed by atoms with E-state index in [1.807, 2.05) is 48.5 Å². The fourth-order valence-corrected chi connectivity index (χ4v) is 11.8.